The third-order valence-electron chi connectivity index (χ3n) is 3.68. The molecule has 0 saturated heterocycles. The molecule has 0 spiro atoms. The summed E-state index contributed by atoms with van der Waals surface area (Å²) in [4.78, 5) is 14.8. The van der Waals surface area contributed by atoms with Gasteiger partial charge in [0, 0.05) is 27.1 Å². The van der Waals surface area contributed by atoms with E-state index in [-0.39, 0.29) is 5.56 Å². The molecule has 25 heavy (non-hydrogen) atoms. The lowest BCUT2D eigenvalue weighted by molar-refractivity contribution is 0.411. The quantitative estimate of drug-likeness (QED) is 0.683. The molecule has 7 heteroatoms. The molecule has 3 aromatic rings. The molecule has 1 aromatic heterocycles. The Hall–Kier alpha value is -2.49. The second kappa shape index (κ2) is 7.18. The maximum Gasteiger partial charge on any atom is 0.267 e. The lowest BCUT2D eigenvalue weighted by Gasteiger charge is -2.11. The zero-order valence-corrected chi connectivity index (χ0v) is 14.7. The largest absolute Gasteiger partial charge is 0.496 e. The van der Waals surface area contributed by atoms with Crippen molar-refractivity contribution in [3.05, 3.63) is 68.7 Å². The molecule has 0 bridgehead atoms. The number of pyridine rings is 1. The number of nitrogens with zero attached hydrogens (tertiary/aromatic N) is 1. The van der Waals surface area contributed by atoms with Crippen LogP contribution in [0.4, 0.5) is 4.39 Å². The van der Waals surface area contributed by atoms with Crippen molar-refractivity contribution in [2.75, 3.05) is 7.11 Å². The van der Waals surface area contributed by atoms with Crippen LogP contribution in [-0.2, 0) is 5.75 Å². The summed E-state index contributed by atoms with van der Waals surface area (Å²) < 4.78 is 19.0. The first-order valence-corrected chi connectivity index (χ1v) is 8.60. The van der Waals surface area contributed by atoms with E-state index in [1.54, 1.807) is 25.3 Å². The number of rotatable bonds is 4. The Bertz CT molecular complexity index is 1060. The molecule has 4 nitrogen and oxygen atoms in total. The van der Waals surface area contributed by atoms with Crippen molar-refractivity contribution >= 4 is 34.1 Å². The van der Waals surface area contributed by atoms with Crippen molar-refractivity contribution in [2.24, 2.45) is 0 Å². The third-order valence-corrected chi connectivity index (χ3v) is 4.98. The number of thioether (sulfide) groups is 1. The minimum atomic E-state index is -0.498. The Morgan fingerprint density at radius 1 is 1.28 bits per heavy atom. The highest BCUT2D eigenvalue weighted by Gasteiger charge is 2.13. The summed E-state index contributed by atoms with van der Waals surface area (Å²) in [6.45, 7) is 0. The van der Waals surface area contributed by atoms with Crippen LogP contribution in [0.1, 0.15) is 11.1 Å². The van der Waals surface area contributed by atoms with Crippen molar-refractivity contribution in [1.82, 2.24) is 4.98 Å². The fourth-order valence-electron chi connectivity index (χ4n) is 2.51. The fourth-order valence-corrected chi connectivity index (χ4v) is 3.72. The van der Waals surface area contributed by atoms with Gasteiger partial charge in [-0.1, -0.05) is 11.6 Å². The van der Waals surface area contributed by atoms with Gasteiger partial charge in [0.15, 0.2) is 0 Å². The molecule has 0 saturated carbocycles. The Balaban J connectivity index is 2.06. The van der Waals surface area contributed by atoms with Gasteiger partial charge in [-0.15, -0.1) is 11.8 Å². The predicted octanol–water partition coefficient (Wildman–Crippen LogP) is 4.49. The van der Waals surface area contributed by atoms with Gasteiger partial charge in [-0.2, -0.15) is 5.26 Å². The number of nitrogens with one attached hydrogen (secondary N) is 1. The van der Waals surface area contributed by atoms with Crippen LogP contribution < -0.4 is 10.3 Å². The molecule has 0 aliphatic carbocycles. The number of hydrogen-bond donors (Lipinski definition) is 1. The number of hydrogen-bond acceptors (Lipinski definition) is 4. The number of nitriles is 1. The van der Waals surface area contributed by atoms with Gasteiger partial charge >= 0.3 is 0 Å². The average molecular weight is 375 g/mol. The Kier molecular flexibility index (Phi) is 4.98. The van der Waals surface area contributed by atoms with Crippen LogP contribution in [0, 0.1) is 17.1 Å². The van der Waals surface area contributed by atoms with E-state index < -0.39 is 11.4 Å². The first-order chi connectivity index (χ1) is 12.0. The highest BCUT2D eigenvalue weighted by Crippen LogP contribution is 2.33. The molecule has 126 valence electrons. The van der Waals surface area contributed by atoms with Crippen LogP contribution in [0.15, 0.2) is 46.2 Å². The maximum atomic E-state index is 13.7. The standard InChI is InChI=1S/C18H12ClFN2O2S/c1-24-16-5-2-11(19)6-10(16)9-25-18-14-7-12(20)3-4-13(14)15(8-21)17(23)22-18/h2-7H,9H2,1H3,(H,22,23). The minimum absolute atomic E-state index is 0.0281. The van der Waals surface area contributed by atoms with Gasteiger partial charge in [0.25, 0.3) is 5.56 Å². The molecule has 0 aliphatic rings. The molecule has 1 heterocycles. The number of benzene rings is 2. The first-order valence-electron chi connectivity index (χ1n) is 7.24. The summed E-state index contributed by atoms with van der Waals surface area (Å²) in [6, 6.07) is 11.1. The molecule has 2 aromatic carbocycles. The third kappa shape index (κ3) is 3.48. The normalized spacial score (nSPS) is 10.6. The smallest absolute Gasteiger partial charge is 0.267 e. The summed E-state index contributed by atoms with van der Waals surface area (Å²) in [7, 11) is 1.56. The summed E-state index contributed by atoms with van der Waals surface area (Å²) in [5.74, 6) is 0.686. The molecule has 0 radical (unpaired) electrons. The van der Waals surface area contributed by atoms with Crippen molar-refractivity contribution in [3.63, 3.8) is 0 Å². The Morgan fingerprint density at radius 2 is 2.08 bits per heavy atom. The van der Waals surface area contributed by atoms with Crippen molar-refractivity contribution in [3.8, 4) is 11.8 Å². The number of halogens is 2. The van der Waals surface area contributed by atoms with E-state index in [0.29, 0.717) is 32.3 Å². The van der Waals surface area contributed by atoms with Gasteiger partial charge in [0.2, 0.25) is 0 Å². The minimum Gasteiger partial charge on any atom is -0.496 e. The monoisotopic (exact) mass is 374 g/mol. The molecule has 0 atom stereocenters. The maximum absolute atomic E-state index is 13.7. The lowest BCUT2D eigenvalue weighted by Crippen LogP contribution is -2.12. The van der Waals surface area contributed by atoms with Gasteiger partial charge in [-0.3, -0.25) is 4.79 Å². The van der Waals surface area contributed by atoms with Crippen LogP contribution >= 0.6 is 23.4 Å². The van der Waals surface area contributed by atoms with Crippen LogP contribution in [0.5, 0.6) is 5.75 Å². The van der Waals surface area contributed by atoms with E-state index in [1.165, 1.54) is 30.0 Å². The molecular weight excluding hydrogens is 363 g/mol. The highest BCUT2D eigenvalue weighted by atomic mass is 35.5. The van der Waals surface area contributed by atoms with E-state index in [2.05, 4.69) is 4.98 Å². The average Bonchev–Trinajstić information content (AvgIpc) is 2.60. The Labute approximate surface area is 152 Å². The summed E-state index contributed by atoms with van der Waals surface area (Å²) >= 11 is 7.34. The molecule has 3 rings (SSSR count). The molecule has 0 unspecified atom stereocenters. The number of fused-ring (bicyclic) bond motifs is 1. The Morgan fingerprint density at radius 3 is 2.80 bits per heavy atom. The zero-order valence-electron chi connectivity index (χ0n) is 13.1. The van der Waals surface area contributed by atoms with Crippen LogP contribution in [0.25, 0.3) is 10.8 Å². The van der Waals surface area contributed by atoms with E-state index in [1.807, 2.05) is 6.07 Å². The summed E-state index contributed by atoms with van der Waals surface area (Å²) in [5.41, 5.74) is 0.316. The summed E-state index contributed by atoms with van der Waals surface area (Å²) in [6.07, 6.45) is 0. The molecule has 1 N–H and O–H groups in total. The number of aromatic amines is 1. The van der Waals surface area contributed by atoms with Gasteiger partial charge in [0.05, 0.1) is 12.1 Å². The van der Waals surface area contributed by atoms with Crippen molar-refractivity contribution in [1.29, 1.82) is 5.26 Å². The van der Waals surface area contributed by atoms with Crippen LogP contribution in [-0.4, -0.2) is 12.1 Å². The molecule has 0 amide bonds. The molecular formula is C18H12ClFN2O2S. The van der Waals surface area contributed by atoms with Crippen LogP contribution in [0.3, 0.4) is 0 Å². The summed E-state index contributed by atoms with van der Waals surface area (Å²) in [5, 5.41) is 11.2. The van der Waals surface area contributed by atoms with Crippen molar-refractivity contribution < 1.29 is 9.13 Å². The number of ether oxygens (including phenoxy) is 1. The predicted molar refractivity (Wildman–Crippen MR) is 96.8 cm³/mol. The fraction of sp³-hybridized carbons (Fsp3) is 0.111. The van der Waals surface area contributed by atoms with E-state index in [9.17, 15) is 14.4 Å². The molecule has 0 aliphatic heterocycles. The van der Waals surface area contributed by atoms with Crippen LogP contribution in [0.2, 0.25) is 5.02 Å². The number of aromatic nitrogens is 1. The topological polar surface area (TPSA) is 65.9 Å². The number of H-pyrrole nitrogens is 1. The molecule has 0 fully saturated rings. The van der Waals surface area contributed by atoms with E-state index in [0.717, 1.165) is 5.56 Å². The van der Waals surface area contributed by atoms with Gasteiger partial charge < -0.3 is 9.72 Å². The number of methoxy groups -OCH3 is 1. The second-order valence-corrected chi connectivity index (χ2v) is 6.63. The zero-order chi connectivity index (χ0) is 18.0. The van der Waals surface area contributed by atoms with Gasteiger partial charge in [0.1, 0.15) is 23.2 Å². The van der Waals surface area contributed by atoms with Gasteiger partial charge in [-0.25, -0.2) is 4.39 Å². The SMILES string of the molecule is COc1ccc(Cl)cc1CSc1[nH]c(=O)c(C#N)c2ccc(F)cc12. The highest BCUT2D eigenvalue weighted by molar-refractivity contribution is 7.98. The second-order valence-electron chi connectivity index (χ2n) is 5.20. The van der Waals surface area contributed by atoms with Crippen molar-refractivity contribution in [2.45, 2.75) is 10.8 Å². The van der Waals surface area contributed by atoms with Gasteiger partial charge in [-0.05, 0) is 36.4 Å². The van der Waals surface area contributed by atoms with E-state index in [4.69, 9.17) is 16.3 Å². The lowest BCUT2D eigenvalue weighted by atomic mass is 10.1. The van der Waals surface area contributed by atoms with E-state index >= 15 is 0 Å². The first kappa shape index (κ1) is 17.3.